The molecule has 0 amide bonds. The molecule has 11 heavy (non-hydrogen) atoms. The second-order valence-electron chi connectivity index (χ2n) is 2.01. The highest BCUT2D eigenvalue weighted by Gasteiger charge is 2.14. The van der Waals surface area contributed by atoms with Crippen molar-refractivity contribution in [2.45, 2.75) is 13.3 Å². The van der Waals surface area contributed by atoms with Gasteiger partial charge in [-0.15, -0.1) is 0 Å². The first kappa shape index (κ1) is 7.84. The minimum atomic E-state index is -2.66. The average molecular weight is 160 g/mol. The Morgan fingerprint density at radius 3 is 2.55 bits per heavy atom. The van der Waals surface area contributed by atoms with Crippen LogP contribution in [0.5, 0.6) is 5.88 Å². The monoisotopic (exact) mass is 160 g/mol. The summed E-state index contributed by atoms with van der Waals surface area (Å²) in [4.78, 5) is 6.65. The van der Waals surface area contributed by atoms with Crippen molar-refractivity contribution >= 4 is 0 Å². The zero-order chi connectivity index (χ0) is 8.43. The highest BCUT2D eigenvalue weighted by atomic mass is 19.3. The Labute approximate surface area is 61.7 Å². The van der Waals surface area contributed by atoms with Crippen LogP contribution in [-0.4, -0.2) is 15.1 Å². The lowest BCUT2D eigenvalue weighted by molar-refractivity contribution is 0.144. The molecule has 0 aliphatic rings. The van der Waals surface area contributed by atoms with E-state index in [4.69, 9.17) is 5.11 Å². The van der Waals surface area contributed by atoms with E-state index in [1.807, 2.05) is 0 Å². The number of aromatic hydroxyl groups is 1. The molecule has 5 heteroatoms. The second-order valence-corrected chi connectivity index (χ2v) is 2.01. The number of halogens is 2. The fraction of sp³-hybridized carbons (Fsp3) is 0.333. The number of nitrogens with zero attached hydrogens (tertiary/aromatic N) is 2. The molecule has 1 N–H and O–H groups in total. The van der Waals surface area contributed by atoms with E-state index in [2.05, 4.69) is 9.97 Å². The third-order valence-electron chi connectivity index (χ3n) is 1.30. The molecule has 1 rings (SSSR count). The first-order chi connectivity index (χ1) is 5.13. The van der Waals surface area contributed by atoms with Gasteiger partial charge >= 0.3 is 0 Å². The van der Waals surface area contributed by atoms with E-state index in [1.165, 1.54) is 6.92 Å². The summed E-state index contributed by atoms with van der Waals surface area (Å²) >= 11 is 0. The average Bonchev–Trinajstić information content (AvgIpc) is 1.94. The van der Waals surface area contributed by atoms with Crippen molar-refractivity contribution in [3.8, 4) is 5.88 Å². The Morgan fingerprint density at radius 1 is 1.45 bits per heavy atom. The van der Waals surface area contributed by atoms with Crippen LogP contribution in [0, 0.1) is 6.92 Å². The zero-order valence-electron chi connectivity index (χ0n) is 5.75. The van der Waals surface area contributed by atoms with Crippen LogP contribution < -0.4 is 0 Å². The van der Waals surface area contributed by atoms with Crippen LogP contribution in [0.4, 0.5) is 8.78 Å². The maximum Gasteiger partial charge on any atom is 0.280 e. The number of aromatic nitrogens is 2. The van der Waals surface area contributed by atoms with Gasteiger partial charge in [-0.2, -0.15) is 0 Å². The lowest BCUT2D eigenvalue weighted by atomic mass is 10.2. The minimum absolute atomic E-state index is 0.0301. The Bertz CT molecular complexity index is 265. The van der Waals surface area contributed by atoms with Crippen LogP contribution >= 0.6 is 0 Å². The molecule has 1 aromatic heterocycles. The third kappa shape index (κ3) is 1.42. The maximum absolute atomic E-state index is 12.0. The first-order valence-corrected chi connectivity index (χ1v) is 2.91. The lowest BCUT2D eigenvalue weighted by Gasteiger charge is -2.02. The number of hydrogen-bond acceptors (Lipinski definition) is 3. The van der Waals surface area contributed by atoms with Gasteiger partial charge in [-0.25, -0.2) is 18.7 Å². The molecule has 0 aliphatic carbocycles. The standard InChI is InChI=1S/C6H6F2N2O/c1-3-4(5(7)8)9-2-10-6(3)11/h2,5H,1H3,(H,9,10,11). The molecule has 0 saturated carbocycles. The van der Waals surface area contributed by atoms with Gasteiger partial charge in [0.25, 0.3) is 6.43 Å². The van der Waals surface area contributed by atoms with E-state index in [9.17, 15) is 8.78 Å². The van der Waals surface area contributed by atoms with Gasteiger partial charge in [0.1, 0.15) is 12.0 Å². The number of alkyl halides is 2. The summed E-state index contributed by atoms with van der Waals surface area (Å²) in [7, 11) is 0. The molecule has 0 unspecified atom stereocenters. The van der Waals surface area contributed by atoms with Crippen LogP contribution in [0.25, 0.3) is 0 Å². The molecule has 0 spiro atoms. The SMILES string of the molecule is Cc1c(O)ncnc1C(F)F. The maximum atomic E-state index is 12.0. The van der Waals surface area contributed by atoms with Gasteiger partial charge in [0, 0.05) is 5.56 Å². The van der Waals surface area contributed by atoms with Crippen LogP contribution in [-0.2, 0) is 0 Å². The van der Waals surface area contributed by atoms with E-state index >= 15 is 0 Å². The van der Waals surface area contributed by atoms with Gasteiger partial charge in [-0.05, 0) is 6.92 Å². The van der Waals surface area contributed by atoms with Gasteiger partial charge in [-0.3, -0.25) is 0 Å². The molecule has 1 aromatic rings. The Kier molecular flexibility index (Phi) is 1.98. The predicted molar refractivity (Wildman–Crippen MR) is 33.4 cm³/mol. The number of rotatable bonds is 1. The summed E-state index contributed by atoms with van der Waals surface area (Å²) < 4.78 is 24.0. The summed E-state index contributed by atoms with van der Waals surface area (Å²) in [6.07, 6.45) is -1.76. The van der Waals surface area contributed by atoms with Crippen molar-refractivity contribution in [1.29, 1.82) is 0 Å². The van der Waals surface area contributed by atoms with Gasteiger partial charge in [-0.1, -0.05) is 0 Å². The van der Waals surface area contributed by atoms with E-state index < -0.39 is 18.0 Å². The molecule has 0 bridgehead atoms. The normalized spacial score (nSPS) is 10.5. The van der Waals surface area contributed by atoms with Crippen LogP contribution in [0.2, 0.25) is 0 Å². The summed E-state index contributed by atoms with van der Waals surface area (Å²) in [6, 6.07) is 0. The van der Waals surface area contributed by atoms with Crippen LogP contribution in [0.3, 0.4) is 0 Å². The molecule has 0 atom stereocenters. The lowest BCUT2D eigenvalue weighted by Crippen LogP contribution is -1.95. The Balaban J connectivity index is 3.17. The largest absolute Gasteiger partial charge is 0.493 e. The van der Waals surface area contributed by atoms with Crippen molar-refractivity contribution in [1.82, 2.24) is 9.97 Å². The highest BCUT2D eigenvalue weighted by molar-refractivity contribution is 5.27. The van der Waals surface area contributed by atoms with E-state index in [0.717, 1.165) is 6.33 Å². The second kappa shape index (κ2) is 2.77. The fourth-order valence-electron chi connectivity index (χ4n) is 0.674. The molecule has 0 aliphatic heterocycles. The van der Waals surface area contributed by atoms with Gasteiger partial charge in [0.15, 0.2) is 0 Å². The molecule has 3 nitrogen and oxygen atoms in total. The first-order valence-electron chi connectivity index (χ1n) is 2.91. The third-order valence-corrected chi connectivity index (χ3v) is 1.30. The summed E-state index contributed by atoms with van der Waals surface area (Å²) in [5, 5.41) is 8.86. The van der Waals surface area contributed by atoms with Crippen molar-refractivity contribution in [3.05, 3.63) is 17.6 Å². The van der Waals surface area contributed by atoms with Gasteiger partial charge in [0.2, 0.25) is 5.88 Å². The Morgan fingerprint density at radius 2 is 2.09 bits per heavy atom. The zero-order valence-corrected chi connectivity index (χ0v) is 5.75. The summed E-state index contributed by atoms with van der Waals surface area (Å²) in [5.74, 6) is -0.393. The molecule has 0 aromatic carbocycles. The predicted octanol–water partition coefficient (Wildman–Crippen LogP) is 1.43. The topological polar surface area (TPSA) is 46.0 Å². The van der Waals surface area contributed by atoms with E-state index in [1.54, 1.807) is 0 Å². The summed E-state index contributed by atoms with van der Waals surface area (Å²) in [6.45, 7) is 1.34. The molecule has 0 radical (unpaired) electrons. The van der Waals surface area contributed by atoms with Gasteiger partial charge in [0.05, 0.1) is 0 Å². The molecule has 0 saturated heterocycles. The van der Waals surface area contributed by atoms with Crippen LogP contribution in [0.1, 0.15) is 17.7 Å². The van der Waals surface area contributed by atoms with Crippen molar-refractivity contribution in [3.63, 3.8) is 0 Å². The molecular weight excluding hydrogens is 154 g/mol. The Hall–Kier alpha value is -1.26. The van der Waals surface area contributed by atoms with Crippen molar-refractivity contribution < 1.29 is 13.9 Å². The van der Waals surface area contributed by atoms with E-state index in [0.29, 0.717) is 0 Å². The molecular formula is C6H6F2N2O. The minimum Gasteiger partial charge on any atom is -0.493 e. The molecule has 60 valence electrons. The highest BCUT2D eigenvalue weighted by Crippen LogP contribution is 2.23. The van der Waals surface area contributed by atoms with Crippen molar-refractivity contribution in [2.24, 2.45) is 0 Å². The quantitative estimate of drug-likeness (QED) is 0.675. The smallest absolute Gasteiger partial charge is 0.280 e. The van der Waals surface area contributed by atoms with Crippen LogP contribution in [0.15, 0.2) is 6.33 Å². The fourth-order valence-corrected chi connectivity index (χ4v) is 0.674. The molecule has 1 heterocycles. The van der Waals surface area contributed by atoms with Crippen molar-refractivity contribution in [2.75, 3.05) is 0 Å². The number of hydrogen-bond donors (Lipinski definition) is 1. The summed E-state index contributed by atoms with van der Waals surface area (Å²) in [5.41, 5.74) is -0.389. The van der Waals surface area contributed by atoms with Gasteiger partial charge < -0.3 is 5.11 Å². The molecule has 0 fully saturated rings. The van der Waals surface area contributed by atoms with E-state index in [-0.39, 0.29) is 5.56 Å².